The number of carbonyl (C=O) groups is 1. The zero-order valence-electron chi connectivity index (χ0n) is 8.39. The van der Waals surface area contributed by atoms with Crippen LogP contribution in [0.1, 0.15) is 16.8 Å². The fourth-order valence-electron chi connectivity index (χ4n) is 1.14. The van der Waals surface area contributed by atoms with Crippen LogP contribution in [0.4, 0.5) is 17.6 Å². The molecule has 1 rings (SSSR count). The molecule has 7 heteroatoms. The lowest BCUT2D eigenvalue weighted by molar-refractivity contribution is -0.146. The second-order valence-electron chi connectivity index (χ2n) is 3.40. The zero-order chi connectivity index (χ0) is 13.2. The highest BCUT2D eigenvalue weighted by Crippen LogP contribution is 2.24. The number of ketones is 1. The lowest BCUT2D eigenvalue weighted by Crippen LogP contribution is -2.39. The summed E-state index contributed by atoms with van der Waals surface area (Å²) < 4.78 is 49.2. The first-order valence-corrected chi connectivity index (χ1v) is 5.31. The van der Waals surface area contributed by atoms with Crippen LogP contribution in [0.2, 0.25) is 0 Å². The molecule has 2 nitrogen and oxygen atoms in total. The van der Waals surface area contributed by atoms with E-state index in [9.17, 15) is 22.4 Å². The minimum absolute atomic E-state index is 0.0221. The Morgan fingerprint density at radius 2 is 2.00 bits per heavy atom. The summed E-state index contributed by atoms with van der Waals surface area (Å²) in [5.74, 6) is -1.38. The van der Waals surface area contributed by atoms with E-state index in [4.69, 9.17) is 5.73 Å². The summed E-state index contributed by atoms with van der Waals surface area (Å²) in [6, 6.07) is 0.904. The van der Waals surface area contributed by atoms with E-state index in [0.29, 0.717) is 0 Å². The van der Waals surface area contributed by atoms with Crippen molar-refractivity contribution in [2.24, 2.45) is 5.73 Å². The Morgan fingerprint density at radius 3 is 2.47 bits per heavy atom. The predicted molar refractivity (Wildman–Crippen MR) is 57.1 cm³/mol. The number of halogens is 5. The molecule has 0 heterocycles. The average molecular weight is 314 g/mol. The smallest absolute Gasteiger partial charge is 0.320 e. The summed E-state index contributed by atoms with van der Waals surface area (Å²) in [6.07, 6.45) is -5.49. The molecule has 94 valence electrons. The van der Waals surface area contributed by atoms with Gasteiger partial charge in [0.2, 0.25) is 0 Å². The van der Waals surface area contributed by atoms with Gasteiger partial charge in [0.15, 0.2) is 5.78 Å². The summed E-state index contributed by atoms with van der Waals surface area (Å²) >= 11 is 2.91. The predicted octanol–water partition coefficient (Wildman–Crippen LogP) is 3.05. The molecule has 0 spiro atoms. The number of alkyl halides is 3. The van der Waals surface area contributed by atoms with Gasteiger partial charge in [0, 0.05) is 16.5 Å². The van der Waals surface area contributed by atoms with Crippen LogP contribution in [0.3, 0.4) is 0 Å². The van der Waals surface area contributed by atoms with Crippen LogP contribution in [0.5, 0.6) is 0 Å². The van der Waals surface area contributed by atoms with Crippen LogP contribution < -0.4 is 5.73 Å². The fraction of sp³-hybridized carbons (Fsp3) is 0.300. The van der Waals surface area contributed by atoms with E-state index in [1.165, 1.54) is 0 Å². The van der Waals surface area contributed by atoms with Crippen LogP contribution >= 0.6 is 15.9 Å². The van der Waals surface area contributed by atoms with Crippen molar-refractivity contribution >= 4 is 21.7 Å². The average Bonchev–Trinajstić information content (AvgIpc) is 2.15. The van der Waals surface area contributed by atoms with E-state index < -0.39 is 30.2 Å². The van der Waals surface area contributed by atoms with Crippen molar-refractivity contribution in [1.82, 2.24) is 0 Å². The van der Waals surface area contributed by atoms with Crippen molar-refractivity contribution in [3.8, 4) is 0 Å². The second kappa shape index (κ2) is 5.14. The highest BCUT2D eigenvalue weighted by atomic mass is 79.9. The molecule has 0 bridgehead atoms. The van der Waals surface area contributed by atoms with Gasteiger partial charge in [-0.2, -0.15) is 13.2 Å². The molecule has 0 radical (unpaired) electrons. The molecule has 0 aliphatic rings. The van der Waals surface area contributed by atoms with E-state index >= 15 is 0 Å². The molecular weight excluding hydrogens is 306 g/mol. The van der Waals surface area contributed by atoms with Gasteiger partial charge < -0.3 is 5.73 Å². The van der Waals surface area contributed by atoms with Gasteiger partial charge >= 0.3 is 6.18 Å². The number of Topliss-reactive ketones (excluding diaryl/α,β-unsaturated/α-hetero) is 1. The van der Waals surface area contributed by atoms with E-state index in [1.54, 1.807) is 0 Å². The van der Waals surface area contributed by atoms with Crippen molar-refractivity contribution in [3.63, 3.8) is 0 Å². The largest absolute Gasteiger partial charge is 0.404 e. The second-order valence-corrected chi connectivity index (χ2v) is 4.25. The van der Waals surface area contributed by atoms with Gasteiger partial charge in [-0.1, -0.05) is 0 Å². The lowest BCUT2D eigenvalue weighted by Gasteiger charge is -2.14. The maximum Gasteiger partial charge on any atom is 0.404 e. The number of carbonyl (C=O) groups excluding carboxylic acids is 1. The number of hydrogen-bond donors (Lipinski definition) is 1. The van der Waals surface area contributed by atoms with Gasteiger partial charge in [-0.3, -0.25) is 4.79 Å². The molecule has 0 saturated carbocycles. The first-order valence-electron chi connectivity index (χ1n) is 4.52. The number of hydrogen-bond acceptors (Lipinski definition) is 2. The van der Waals surface area contributed by atoms with Gasteiger partial charge in [0.25, 0.3) is 0 Å². The normalized spacial score (nSPS) is 13.5. The Kier molecular flexibility index (Phi) is 4.26. The first-order chi connectivity index (χ1) is 7.71. The quantitative estimate of drug-likeness (QED) is 0.688. The maximum absolute atomic E-state index is 12.7. The number of nitrogens with two attached hydrogens (primary N) is 1. The molecule has 1 atom stereocenters. The van der Waals surface area contributed by atoms with Gasteiger partial charge in [0.05, 0.1) is 0 Å². The third kappa shape index (κ3) is 3.78. The van der Waals surface area contributed by atoms with Crippen molar-refractivity contribution in [3.05, 3.63) is 34.1 Å². The molecule has 2 N–H and O–H groups in total. The minimum atomic E-state index is -4.62. The monoisotopic (exact) mass is 313 g/mol. The highest BCUT2D eigenvalue weighted by Gasteiger charge is 2.38. The molecule has 0 aliphatic heterocycles. The first kappa shape index (κ1) is 14.1. The third-order valence-electron chi connectivity index (χ3n) is 2.06. The molecule has 0 amide bonds. The summed E-state index contributed by atoms with van der Waals surface area (Å²) in [6.45, 7) is 0. The molecule has 0 aromatic heterocycles. The molecular formula is C10H8BrF4NO. The molecule has 1 aromatic rings. The third-order valence-corrected chi connectivity index (χ3v) is 2.71. The maximum atomic E-state index is 12.7. The molecule has 0 aliphatic carbocycles. The standard InChI is InChI=1S/C10H8BrF4NO/c11-7-3-5(12)1-2-6(7)8(17)4-9(16)10(13,14)15/h1-3,9H,4,16H2. The minimum Gasteiger partial charge on any atom is -0.320 e. The van der Waals surface area contributed by atoms with E-state index in [0.717, 1.165) is 18.2 Å². The van der Waals surface area contributed by atoms with Gasteiger partial charge in [-0.15, -0.1) is 0 Å². The summed E-state index contributed by atoms with van der Waals surface area (Å²) in [4.78, 5) is 11.5. The van der Waals surface area contributed by atoms with E-state index in [2.05, 4.69) is 15.9 Å². The molecule has 1 unspecified atom stereocenters. The van der Waals surface area contributed by atoms with Crippen molar-refractivity contribution in [2.45, 2.75) is 18.6 Å². The molecule has 17 heavy (non-hydrogen) atoms. The molecule has 0 saturated heterocycles. The van der Waals surface area contributed by atoms with Crippen LogP contribution in [0, 0.1) is 5.82 Å². The van der Waals surface area contributed by atoms with E-state index in [-0.39, 0.29) is 10.0 Å². The highest BCUT2D eigenvalue weighted by molar-refractivity contribution is 9.10. The Labute approximate surface area is 103 Å². The van der Waals surface area contributed by atoms with Crippen LogP contribution in [0.15, 0.2) is 22.7 Å². The lowest BCUT2D eigenvalue weighted by atomic mass is 10.0. The Hall–Kier alpha value is -0.950. The van der Waals surface area contributed by atoms with Crippen molar-refractivity contribution in [2.75, 3.05) is 0 Å². The molecule has 1 aromatic carbocycles. The summed E-state index contributed by atoms with van der Waals surface area (Å²) in [7, 11) is 0. The number of benzene rings is 1. The summed E-state index contributed by atoms with van der Waals surface area (Å²) in [5, 5.41) is 0. The van der Waals surface area contributed by atoms with Crippen LogP contribution in [0.25, 0.3) is 0 Å². The van der Waals surface area contributed by atoms with E-state index in [1.807, 2.05) is 0 Å². The van der Waals surface area contributed by atoms with Gasteiger partial charge in [-0.05, 0) is 34.1 Å². The Morgan fingerprint density at radius 1 is 1.41 bits per heavy atom. The van der Waals surface area contributed by atoms with Crippen molar-refractivity contribution in [1.29, 1.82) is 0 Å². The van der Waals surface area contributed by atoms with Crippen molar-refractivity contribution < 1.29 is 22.4 Å². The van der Waals surface area contributed by atoms with Gasteiger partial charge in [0.1, 0.15) is 11.9 Å². The van der Waals surface area contributed by atoms with Gasteiger partial charge in [-0.25, -0.2) is 4.39 Å². The summed E-state index contributed by atoms with van der Waals surface area (Å²) in [5.41, 5.74) is 4.81. The zero-order valence-corrected chi connectivity index (χ0v) is 9.98. The molecule has 0 fully saturated rings. The van der Waals surface area contributed by atoms with Crippen LogP contribution in [-0.2, 0) is 0 Å². The topological polar surface area (TPSA) is 43.1 Å². The number of rotatable bonds is 3. The Bertz CT molecular complexity index is 433. The fourth-order valence-corrected chi connectivity index (χ4v) is 1.71. The van der Waals surface area contributed by atoms with Crippen LogP contribution in [-0.4, -0.2) is 18.0 Å². The SMILES string of the molecule is NC(CC(=O)c1ccc(F)cc1Br)C(F)(F)F. The Balaban J connectivity index is 2.84.